The molecule has 18 heavy (non-hydrogen) atoms. The van der Waals surface area contributed by atoms with Crippen molar-refractivity contribution in [2.75, 3.05) is 18.5 Å². The number of fused-ring (bicyclic) bond motifs is 1. The second kappa shape index (κ2) is 6.21. The van der Waals surface area contributed by atoms with Gasteiger partial charge in [0.05, 0.1) is 12.7 Å². The first-order chi connectivity index (χ1) is 8.65. The normalized spacial score (nSPS) is 11.1. The van der Waals surface area contributed by atoms with E-state index < -0.39 is 0 Å². The number of ether oxygens (including phenoxy) is 1. The maximum Gasteiger partial charge on any atom is 0.0642 e. The molecular weight excluding hydrogens is 290 g/mol. The van der Waals surface area contributed by atoms with Gasteiger partial charge in [-0.1, -0.05) is 28.1 Å². The molecule has 0 bridgehead atoms. The molecule has 0 heterocycles. The molecule has 2 nitrogen and oxygen atoms in total. The van der Waals surface area contributed by atoms with Crippen LogP contribution in [0.25, 0.3) is 10.8 Å². The molecule has 0 saturated heterocycles. The summed E-state index contributed by atoms with van der Waals surface area (Å²) in [6.07, 6.45) is 0.292. The first-order valence-corrected chi connectivity index (χ1v) is 6.99. The van der Waals surface area contributed by atoms with Crippen molar-refractivity contribution in [1.82, 2.24) is 0 Å². The molecule has 0 aliphatic heterocycles. The molecule has 0 amide bonds. The van der Waals surface area contributed by atoms with E-state index >= 15 is 0 Å². The van der Waals surface area contributed by atoms with E-state index in [-0.39, 0.29) is 0 Å². The number of hydrogen-bond acceptors (Lipinski definition) is 2. The molecule has 0 fully saturated rings. The molecule has 96 valence electrons. The van der Waals surface area contributed by atoms with Gasteiger partial charge < -0.3 is 10.1 Å². The number of benzene rings is 2. The Morgan fingerprint density at radius 2 is 1.83 bits per heavy atom. The van der Waals surface area contributed by atoms with Crippen LogP contribution >= 0.6 is 15.9 Å². The molecular formula is C15H18BrNO. The molecule has 0 radical (unpaired) electrons. The molecule has 0 aliphatic rings. The van der Waals surface area contributed by atoms with E-state index in [4.69, 9.17) is 4.74 Å². The molecule has 0 atom stereocenters. The fourth-order valence-electron chi connectivity index (χ4n) is 1.82. The fraction of sp³-hybridized carbons (Fsp3) is 0.333. The Kier molecular flexibility index (Phi) is 4.61. The van der Waals surface area contributed by atoms with Crippen LogP contribution in [0.15, 0.2) is 40.9 Å². The predicted molar refractivity (Wildman–Crippen MR) is 81.2 cm³/mol. The minimum Gasteiger partial charge on any atom is -0.383 e. The standard InChI is InChI=1S/C15H18BrNO/c1-11(2)18-8-7-17-15-6-4-12-9-14(16)5-3-13(12)10-15/h3-6,9-11,17H,7-8H2,1-2H3. The summed E-state index contributed by atoms with van der Waals surface area (Å²) in [6.45, 7) is 5.66. The van der Waals surface area contributed by atoms with Gasteiger partial charge in [-0.3, -0.25) is 0 Å². The van der Waals surface area contributed by atoms with Crippen LogP contribution in [0.3, 0.4) is 0 Å². The zero-order chi connectivity index (χ0) is 13.0. The van der Waals surface area contributed by atoms with Crippen molar-refractivity contribution in [3.05, 3.63) is 40.9 Å². The monoisotopic (exact) mass is 307 g/mol. The smallest absolute Gasteiger partial charge is 0.0642 e. The summed E-state index contributed by atoms with van der Waals surface area (Å²) in [5.74, 6) is 0. The van der Waals surface area contributed by atoms with E-state index in [0.29, 0.717) is 6.10 Å². The summed E-state index contributed by atoms with van der Waals surface area (Å²) in [4.78, 5) is 0. The molecule has 3 heteroatoms. The number of nitrogens with one attached hydrogen (secondary N) is 1. The van der Waals surface area contributed by atoms with Gasteiger partial charge >= 0.3 is 0 Å². The van der Waals surface area contributed by atoms with Gasteiger partial charge in [0.15, 0.2) is 0 Å². The summed E-state index contributed by atoms with van der Waals surface area (Å²) in [6, 6.07) is 12.7. The molecule has 0 aromatic heterocycles. The topological polar surface area (TPSA) is 21.3 Å². The third-order valence-electron chi connectivity index (χ3n) is 2.68. The lowest BCUT2D eigenvalue weighted by molar-refractivity contribution is 0.0870. The van der Waals surface area contributed by atoms with E-state index in [1.165, 1.54) is 10.8 Å². The lowest BCUT2D eigenvalue weighted by atomic mass is 10.1. The lowest BCUT2D eigenvalue weighted by Crippen LogP contribution is -2.13. The Labute approximate surface area is 116 Å². The minimum absolute atomic E-state index is 0.292. The molecule has 0 unspecified atom stereocenters. The van der Waals surface area contributed by atoms with E-state index in [1.807, 2.05) is 13.8 Å². The first-order valence-electron chi connectivity index (χ1n) is 6.20. The SMILES string of the molecule is CC(C)OCCNc1ccc2cc(Br)ccc2c1. The van der Waals surface area contributed by atoms with Crippen LogP contribution in [0, 0.1) is 0 Å². The zero-order valence-electron chi connectivity index (χ0n) is 10.7. The van der Waals surface area contributed by atoms with Gasteiger partial charge in [-0.15, -0.1) is 0 Å². The van der Waals surface area contributed by atoms with Crippen molar-refractivity contribution in [3.8, 4) is 0 Å². The van der Waals surface area contributed by atoms with Gasteiger partial charge in [0.25, 0.3) is 0 Å². The van der Waals surface area contributed by atoms with Crippen molar-refractivity contribution in [2.45, 2.75) is 20.0 Å². The molecule has 1 N–H and O–H groups in total. The second-order valence-corrected chi connectivity index (χ2v) is 5.47. The third-order valence-corrected chi connectivity index (χ3v) is 3.18. The van der Waals surface area contributed by atoms with Crippen LogP contribution in [0.2, 0.25) is 0 Å². The fourth-order valence-corrected chi connectivity index (χ4v) is 2.20. The van der Waals surface area contributed by atoms with Gasteiger partial charge in [0.1, 0.15) is 0 Å². The number of hydrogen-bond donors (Lipinski definition) is 1. The van der Waals surface area contributed by atoms with Crippen LogP contribution in [0.5, 0.6) is 0 Å². The average Bonchev–Trinajstić information content (AvgIpc) is 2.34. The van der Waals surface area contributed by atoms with Crippen molar-refractivity contribution in [2.24, 2.45) is 0 Å². The summed E-state index contributed by atoms with van der Waals surface area (Å²) in [5, 5.41) is 5.86. The van der Waals surface area contributed by atoms with E-state index in [9.17, 15) is 0 Å². The largest absolute Gasteiger partial charge is 0.383 e. The molecule has 2 rings (SSSR count). The lowest BCUT2D eigenvalue weighted by Gasteiger charge is -2.10. The Morgan fingerprint density at radius 3 is 2.61 bits per heavy atom. The second-order valence-electron chi connectivity index (χ2n) is 4.55. The van der Waals surface area contributed by atoms with Gasteiger partial charge in [-0.05, 0) is 48.9 Å². The quantitative estimate of drug-likeness (QED) is 0.825. The molecule has 0 saturated carbocycles. The van der Waals surface area contributed by atoms with Crippen LogP contribution in [-0.2, 0) is 4.74 Å². The molecule has 0 spiro atoms. The Balaban J connectivity index is 1.99. The highest BCUT2D eigenvalue weighted by molar-refractivity contribution is 9.10. The Morgan fingerprint density at radius 1 is 1.11 bits per heavy atom. The van der Waals surface area contributed by atoms with E-state index in [0.717, 1.165) is 23.3 Å². The summed E-state index contributed by atoms with van der Waals surface area (Å²) in [7, 11) is 0. The van der Waals surface area contributed by atoms with Crippen molar-refractivity contribution >= 4 is 32.4 Å². The molecule has 2 aromatic rings. The average molecular weight is 308 g/mol. The minimum atomic E-state index is 0.292. The Bertz CT molecular complexity index is 525. The first kappa shape index (κ1) is 13.4. The predicted octanol–water partition coefficient (Wildman–Crippen LogP) is 4.44. The zero-order valence-corrected chi connectivity index (χ0v) is 12.3. The van der Waals surface area contributed by atoms with Crippen LogP contribution in [0.1, 0.15) is 13.8 Å². The van der Waals surface area contributed by atoms with Crippen LogP contribution in [0.4, 0.5) is 5.69 Å². The van der Waals surface area contributed by atoms with Crippen molar-refractivity contribution in [1.29, 1.82) is 0 Å². The van der Waals surface area contributed by atoms with E-state index in [1.54, 1.807) is 0 Å². The third kappa shape index (κ3) is 3.72. The maximum atomic E-state index is 5.50. The van der Waals surface area contributed by atoms with Crippen molar-refractivity contribution < 1.29 is 4.74 Å². The van der Waals surface area contributed by atoms with Crippen LogP contribution in [-0.4, -0.2) is 19.3 Å². The highest BCUT2D eigenvalue weighted by Gasteiger charge is 1.98. The highest BCUT2D eigenvalue weighted by Crippen LogP contribution is 2.22. The van der Waals surface area contributed by atoms with Gasteiger partial charge in [0, 0.05) is 16.7 Å². The van der Waals surface area contributed by atoms with Gasteiger partial charge in [0.2, 0.25) is 0 Å². The van der Waals surface area contributed by atoms with Gasteiger partial charge in [-0.25, -0.2) is 0 Å². The number of halogens is 1. The van der Waals surface area contributed by atoms with Crippen LogP contribution < -0.4 is 5.32 Å². The summed E-state index contributed by atoms with van der Waals surface area (Å²) in [5.41, 5.74) is 1.14. The Hall–Kier alpha value is -1.06. The summed E-state index contributed by atoms with van der Waals surface area (Å²) >= 11 is 3.48. The highest BCUT2D eigenvalue weighted by atomic mass is 79.9. The van der Waals surface area contributed by atoms with E-state index in [2.05, 4.69) is 57.6 Å². The number of rotatable bonds is 5. The molecule has 0 aliphatic carbocycles. The molecule has 2 aromatic carbocycles. The maximum absolute atomic E-state index is 5.50. The van der Waals surface area contributed by atoms with Gasteiger partial charge in [-0.2, -0.15) is 0 Å². The summed E-state index contributed by atoms with van der Waals surface area (Å²) < 4.78 is 6.61. The number of anilines is 1. The van der Waals surface area contributed by atoms with Crippen molar-refractivity contribution in [3.63, 3.8) is 0 Å².